The summed E-state index contributed by atoms with van der Waals surface area (Å²) in [6.45, 7) is 16.4. The summed E-state index contributed by atoms with van der Waals surface area (Å²) in [6.07, 6.45) is 1.55. The average Bonchev–Trinajstić information content (AvgIpc) is 1.14. The van der Waals surface area contributed by atoms with Gasteiger partial charge in [-0.25, -0.2) is 14.4 Å². The standard InChI is InChI=1S/C65H94ClN9O17/c1-15-46-38(5)49-35-65(86,72-63(85)91-49)50(89-14)23-19-21-37(4)29-40-30-45(55(66)48(31-40)88-13)74(11)52(77)34-54(90-46)92-61(83)39(6)73(10)59(81)41-25-26-43(47(32-41)87-12)69-57(79)44(22-20-27-68-62(67)84)70-58(80)56(36(2)3)71-51(76)24-17-16-18-28-75-53(78)33-42(60(75)82)64(7,8)9/h19,21,23,25-26,30-32,36,38-39,42,44,46,49-50,54,56,86H,15-18,20,22,24,27-29,33-35H2,1-14H3,(H,69,79)(H,70,80)(H,71,76)(H,72,85)(H3,67,68,84)/b23-19+,37-21+/t38-,39-,42?,44-,46+,49-,50+,54?,56-,65-/m0/s1. The highest BCUT2D eigenvalue weighted by Gasteiger charge is 2.48. The van der Waals surface area contributed by atoms with Gasteiger partial charge in [-0.1, -0.05) is 90.3 Å². The summed E-state index contributed by atoms with van der Waals surface area (Å²) in [5.41, 5.74) is 4.97. The quantitative estimate of drug-likeness (QED) is 0.0338. The lowest BCUT2D eigenvalue weighted by Crippen LogP contribution is -2.63. The molecule has 26 nitrogen and oxygen atoms in total. The van der Waals surface area contributed by atoms with Gasteiger partial charge in [0.05, 0.1) is 44.0 Å². The van der Waals surface area contributed by atoms with Gasteiger partial charge in [-0.05, 0) is 99.6 Å². The Balaban J connectivity index is 1.32. The number of carbonyl (C=O) groups excluding carboxylic acids is 10. The summed E-state index contributed by atoms with van der Waals surface area (Å²) >= 11 is 6.84. The van der Waals surface area contributed by atoms with E-state index >= 15 is 0 Å². The maximum Gasteiger partial charge on any atom is 0.409 e. The lowest BCUT2D eigenvalue weighted by molar-refractivity contribution is -0.208. The van der Waals surface area contributed by atoms with Gasteiger partial charge in [-0.15, -0.1) is 0 Å². The van der Waals surface area contributed by atoms with E-state index in [-0.39, 0.29) is 102 Å². The SMILES string of the molecule is CC[C@H]1OC(OC(=O)[C@H](C)N(C)C(=O)c2ccc(NC(=O)[C@H](CCCNC(N)=O)NC(=O)[C@@H](NC(=O)CCCCCN3C(=O)CC(C(C)(C)C)C3=O)C(C)C)c(OC)c2)CC(=O)N(C)c2cc(cc(OC)c2Cl)C/C(C)=C/C=C/[C@@H](OC)[C@@]2(O)C[C@H](OC(=O)N2)[C@H]1C. The molecule has 3 heterocycles. The number of nitrogens with two attached hydrogens (primary N) is 1. The van der Waals surface area contributed by atoms with Gasteiger partial charge >= 0.3 is 18.1 Å². The van der Waals surface area contributed by atoms with Gasteiger partial charge in [-0.2, -0.15) is 0 Å². The number of alkyl carbamates (subject to hydrolysis) is 1. The highest BCUT2D eigenvalue weighted by atomic mass is 35.5. The number of primary amides is 1. The molecule has 3 aliphatic heterocycles. The molecule has 27 heteroatoms. The number of rotatable bonds is 24. The fourth-order valence-electron chi connectivity index (χ4n) is 11.1. The largest absolute Gasteiger partial charge is 0.495 e. The number of nitrogens with one attached hydrogen (secondary N) is 5. The zero-order valence-corrected chi connectivity index (χ0v) is 56.1. The number of ether oxygens (including phenoxy) is 6. The molecular formula is C65H94ClN9O17. The van der Waals surface area contributed by atoms with E-state index in [1.54, 1.807) is 52.0 Å². The van der Waals surface area contributed by atoms with Crippen molar-refractivity contribution in [2.24, 2.45) is 28.9 Å². The van der Waals surface area contributed by atoms with E-state index in [4.69, 9.17) is 45.8 Å². The van der Waals surface area contributed by atoms with Crippen LogP contribution >= 0.6 is 11.6 Å². The molecule has 2 fully saturated rings. The van der Waals surface area contributed by atoms with Crippen molar-refractivity contribution in [1.82, 2.24) is 31.1 Å². The van der Waals surface area contributed by atoms with Gasteiger partial charge in [0.25, 0.3) is 5.91 Å². The maximum atomic E-state index is 14.4. The molecule has 8 N–H and O–H groups in total. The second kappa shape index (κ2) is 33.7. The molecule has 92 heavy (non-hydrogen) atoms. The van der Waals surface area contributed by atoms with Crippen LogP contribution in [-0.2, 0) is 58.9 Å². The second-order valence-electron chi connectivity index (χ2n) is 25.1. The number of urea groups is 1. The molecule has 10 amide bonds. The van der Waals surface area contributed by atoms with Gasteiger partial charge in [0.2, 0.25) is 41.7 Å². The third kappa shape index (κ3) is 20.1. The zero-order valence-electron chi connectivity index (χ0n) is 55.4. The van der Waals surface area contributed by atoms with Crippen LogP contribution in [0.1, 0.15) is 142 Å². The maximum absolute atomic E-state index is 14.4. The number of anilines is 2. The fraction of sp³-hybridized carbons (Fsp3) is 0.600. The summed E-state index contributed by atoms with van der Waals surface area (Å²) in [5, 5.41) is 25.3. The molecule has 2 aromatic rings. The van der Waals surface area contributed by atoms with Crippen LogP contribution in [0.4, 0.5) is 21.0 Å². The smallest absolute Gasteiger partial charge is 0.409 e. The van der Waals surface area contributed by atoms with Crippen molar-refractivity contribution >= 4 is 82.4 Å². The Morgan fingerprint density at radius 1 is 0.935 bits per heavy atom. The number of amides is 10. The van der Waals surface area contributed by atoms with Crippen LogP contribution in [0.15, 0.2) is 54.1 Å². The number of hydrogen-bond donors (Lipinski definition) is 7. The Labute approximate surface area is 543 Å². The molecule has 5 rings (SSSR count). The van der Waals surface area contributed by atoms with E-state index in [1.807, 2.05) is 33.8 Å². The lowest BCUT2D eigenvalue weighted by atomic mass is 9.80. The fourth-order valence-corrected chi connectivity index (χ4v) is 11.4. The molecular weight excluding hydrogens is 1210 g/mol. The number of halogens is 1. The molecule has 2 aromatic carbocycles. The molecule has 4 bridgehead atoms. The van der Waals surface area contributed by atoms with E-state index in [0.717, 1.165) is 16.0 Å². The first kappa shape index (κ1) is 74.9. The number of likely N-dealkylation sites (tertiary alicyclic amines) is 1. The van der Waals surface area contributed by atoms with Crippen LogP contribution in [0, 0.1) is 23.2 Å². The average molecular weight is 1310 g/mol. The predicted octanol–water partition coefficient (Wildman–Crippen LogP) is 6.43. The molecule has 0 aromatic heterocycles. The number of hydrogen-bond acceptors (Lipinski definition) is 17. The van der Waals surface area contributed by atoms with Crippen molar-refractivity contribution < 1.29 is 81.5 Å². The first-order chi connectivity index (χ1) is 43.3. The highest BCUT2D eigenvalue weighted by Crippen LogP contribution is 2.39. The molecule has 0 radical (unpaired) electrons. The third-order valence-corrected chi connectivity index (χ3v) is 17.3. The van der Waals surface area contributed by atoms with Crippen molar-refractivity contribution in [3.05, 3.63) is 70.3 Å². The number of imide groups is 1. The number of allylic oxidation sites excluding steroid dienone is 3. The van der Waals surface area contributed by atoms with Crippen molar-refractivity contribution in [2.45, 2.75) is 181 Å². The molecule has 0 spiro atoms. The minimum Gasteiger partial charge on any atom is -0.495 e. The first-order valence-electron chi connectivity index (χ1n) is 31.1. The Hall–Kier alpha value is -7.81. The third-order valence-electron chi connectivity index (χ3n) is 16.9. The Morgan fingerprint density at radius 2 is 1.63 bits per heavy atom. The number of aliphatic hydroxyl groups is 1. The monoisotopic (exact) mass is 1310 g/mol. The number of likely N-dealkylation sites (N-methyl/N-ethyl adjacent to an activating group) is 1. The molecule has 3 aliphatic rings. The lowest BCUT2D eigenvalue weighted by Gasteiger charge is -2.43. The van der Waals surface area contributed by atoms with Crippen molar-refractivity contribution in [2.75, 3.05) is 58.7 Å². The Morgan fingerprint density at radius 3 is 2.25 bits per heavy atom. The normalized spacial score (nSPS) is 23.4. The first-order valence-corrected chi connectivity index (χ1v) is 31.5. The summed E-state index contributed by atoms with van der Waals surface area (Å²) in [5.74, 6) is -5.63. The zero-order chi connectivity index (χ0) is 68.5. The van der Waals surface area contributed by atoms with Gasteiger partial charge in [0.1, 0.15) is 46.9 Å². The second-order valence-corrected chi connectivity index (χ2v) is 25.5. The van der Waals surface area contributed by atoms with Crippen LogP contribution in [0.25, 0.3) is 0 Å². The number of unbranched alkanes of at least 4 members (excludes halogenated alkanes) is 2. The summed E-state index contributed by atoms with van der Waals surface area (Å²) < 4.78 is 35.2. The summed E-state index contributed by atoms with van der Waals surface area (Å²) in [6, 6.07) is 3.15. The Kier molecular flexibility index (Phi) is 27.4. The van der Waals surface area contributed by atoms with Crippen LogP contribution in [0.3, 0.4) is 0 Å². The van der Waals surface area contributed by atoms with Crippen molar-refractivity contribution in [1.29, 1.82) is 0 Å². The van der Waals surface area contributed by atoms with Crippen molar-refractivity contribution in [3.63, 3.8) is 0 Å². The predicted molar refractivity (Wildman–Crippen MR) is 342 cm³/mol. The summed E-state index contributed by atoms with van der Waals surface area (Å²) in [7, 11) is 6.99. The molecule has 0 aliphatic carbocycles. The molecule has 10 atom stereocenters. The topological polar surface area (TPSA) is 342 Å². The van der Waals surface area contributed by atoms with E-state index in [2.05, 4.69) is 26.6 Å². The van der Waals surface area contributed by atoms with Crippen LogP contribution in [0.5, 0.6) is 11.5 Å². The van der Waals surface area contributed by atoms with Gasteiger partial charge in [0.15, 0.2) is 5.72 Å². The molecule has 2 unspecified atom stereocenters. The number of benzene rings is 2. The molecule has 0 saturated carbocycles. The number of methoxy groups -OCH3 is 3. The van der Waals surface area contributed by atoms with E-state index in [9.17, 15) is 53.1 Å². The van der Waals surface area contributed by atoms with Crippen LogP contribution < -0.4 is 46.7 Å². The van der Waals surface area contributed by atoms with Crippen LogP contribution in [0.2, 0.25) is 5.02 Å². The number of esters is 1. The molecule has 508 valence electrons. The minimum absolute atomic E-state index is 0.00213. The van der Waals surface area contributed by atoms with Gasteiger partial charge < -0.3 is 70.3 Å². The number of nitrogens with zero attached hydrogens (tertiary/aromatic N) is 3. The van der Waals surface area contributed by atoms with Gasteiger partial charge in [0, 0.05) is 65.0 Å². The van der Waals surface area contributed by atoms with Gasteiger partial charge in [-0.3, -0.25) is 43.8 Å². The highest BCUT2D eigenvalue weighted by molar-refractivity contribution is 6.35. The van der Waals surface area contributed by atoms with E-state index < -0.39 is 114 Å². The summed E-state index contributed by atoms with van der Waals surface area (Å²) in [4.78, 5) is 138. The number of carbonyl (C=O) groups is 10. The van der Waals surface area contributed by atoms with E-state index in [0.29, 0.717) is 31.4 Å². The Bertz CT molecular complexity index is 3080. The minimum atomic E-state index is -1.93. The molecule has 2 saturated heterocycles. The van der Waals surface area contributed by atoms with E-state index in [1.165, 1.54) is 70.3 Å². The van der Waals surface area contributed by atoms with Crippen LogP contribution in [-0.4, -0.2) is 171 Å². The number of fused-ring (bicyclic) bond motifs is 4. The van der Waals surface area contributed by atoms with Crippen molar-refractivity contribution in [3.8, 4) is 11.5 Å².